The fourth-order valence-corrected chi connectivity index (χ4v) is 2.33. The Labute approximate surface area is 114 Å². The molecule has 0 aliphatic rings. The zero-order valence-corrected chi connectivity index (χ0v) is 10.8. The van der Waals surface area contributed by atoms with Gasteiger partial charge in [-0.25, -0.2) is 9.18 Å². The highest BCUT2D eigenvalue weighted by atomic mass is 19.1. The second-order valence-corrected chi connectivity index (χ2v) is 4.75. The van der Waals surface area contributed by atoms with Crippen LogP contribution in [0.4, 0.5) is 4.39 Å². The van der Waals surface area contributed by atoms with E-state index in [-0.39, 0.29) is 11.4 Å². The number of H-pyrrole nitrogens is 1. The number of hydrogen-bond donors (Lipinski definition) is 2. The zero-order chi connectivity index (χ0) is 14.3. The highest BCUT2D eigenvalue weighted by Crippen LogP contribution is 2.28. The number of aromatic amines is 1. The molecule has 2 aromatic carbocycles. The number of benzene rings is 2. The van der Waals surface area contributed by atoms with Crippen molar-refractivity contribution in [3.05, 3.63) is 59.5 Å². The summed E-state index contributed by atoms with van der Waals surface area (Å²) in [6.07, 6.45) is 1.45. The van der Waals surface area contributed by atoms with Crippen molar-refractivity contribution in [1.29, 1.82) is 0 Å². The first-order valence-corrected chi connectivity index (χ1v) is 6.17. The normalized spacial score (nSPS) is 10.9. The second-order valence-electron chi connectivity index (χ2n) is 4.75. The lowest BCUT2D eigenvalue weighted by atomic mass is 10.0. The number of fused-ring (bicyclic) bond motifs is 1. The van der Waals surface area contributed by atoms with Crippen LogP contribution in [-0.2, 0) is 0 Å². The van der Waals surface area contributed by atoms with E-state index < -0.39 is 5.97 Å². The molecule has 100 valence electrons. The summed E-state index contributed by atoms with van der Waals surface area (Å²) in [6.45, 7) is 1.89. The largest absolute Gasteiger partial charge is 0.478 e. The van der Waals surface area contributed by atoms with Gasteiger partial charge in [-0.2, -0.15) is 0 Å². The van der Waals surface area contributed by atoms with Crippen LogP contribution in [0.1, 0.15) is 15.9 Å². The van der Waals surface area contributed by atoms with Crippen molar-refractivity contribution in [3.63, 3.8) is 0 Å². The van der Waals surface area contributed by atoms with Crippen molar-refractivity contribution in [2.24, 2.45) is 0 Å². The lowest BCUT2D eigenvalue weighted by molar-refractivity contribution is 0.0699. The molecule has 4 heteroatoms. The maximum atomic E-state index is 13.9. The number of carbonyl (C=O) groups is 1. The van der Waals surface area contributed by atoms with Crippen molar-refractivity contribution >= 4 is 16.9 Å². The first kappa shape index (κ1) is 12.4. The molecule has 0 aliphatic heterocycles. The molecule has 20 heavy (non-hydrogen) atoms. The molecule has 0 radical (unpaired) electrons. The molecule has 0 spiro atoms. The van der Waals surface area contributed by atoms with Crippen molar-refractivity contribution in [2.75, 3.05) is 0 Å². The third-order valence-corrected chi connectivity index (χ3v) is 3.35. The molecule has 2 N–H and O–H groups in total. The number of aryl methyl sites for hydroxylation is 1. The Morgan fingerprint density at radius 3 is 2.75 bits per heavy atom. The fraction of sp³-hybridized carbons (Fsp3) is 0.0625. The van der Waals surface area contributed by atoms with E-state index in [1.54, 1.807) is 30.3 Å². The molecule has 0 atom stereocenters. The highest BCUT2D eigenvalue weighted by molar-refractivity contribution is 6.04. The van der Waals surface area contributed by atoms with Gasteiger partial charge in [-0.15, -0.1) is 0 Å². The summed E-state index contributed by atoms with van der Waals surface area (Å²) in [6, 6.07) is 10.1. The molecule has 1 heterocycles. The molecule has 3 aromatic rings. The van der Waals surface area contributed by atoms with Gasteiger partial charge in [-0.05, 0) is 36.8 Å². The number of rotatable bonds is 2. The number of hydrogen-bond acceptors (Lipinski definition) is 1. The number of carboxylic acid groups (broad SMARTS) is 1. The Morgan fingerprint density at radius 2 is 2.00 bits per heavy atom. The Bertz CT molecular complexity index is 820. The molecule has 0 amide bonds. The van der Waals surface area contributed by atoms with Crippen LogP contribution in [0.3, 0.4) is 0 Å². The molecule has 0 unspecified atom stereocenters. The van der Waals surface area contributed by atoms with Crippen LogP contribution in [0.15, 0.2) is 42.6 Å². The third-order valence-electron chi connectivity index (χ3n) is 3.35. The van der Waals surface area contributed by atoms with E-state index in [1.807, 2.05) is 6.92 Å². The number of nitrogens with one attached hydrogen (secondary N) is 1. The number of aromatic nitrogens is 1. The molecule has 1 aromatic heterocycles. The number of halogens is 1. The third kappa shape index (κ3) is 1.95. The first-order valence-electron chi connectivity index (χ1n) is 6.17. The Balaban J connectivity index is 2.24. The van der Waals surface area contributed by atoms with E-state index in [1.165, 1.54) is 12.3 Å². The summed E-state index contributed by atoms with van der Waals surface area (Å²) in [5.74, 6) is -1.32. The molecule has 3 nitrogen and oxygen atoms in total. The van der Waals surface area contributed by atoms with Crippen LogP contribution in [0, 0.1) is 12.7 Å². The van der Waals surface area contributed by atoms with Gasteiger partial charge in [-0.1, -0.05) is 17.7 Å². The standard InChI is InChI=1S/C16H12FNO2/c1-9-2-4-14(17)11(6-9)10-3-5-15-12(7-10)13(8-18-15)16(19)20/h2-8,18H,1H3,(H,19,20). The van der Waals surface area contributed by atoms with E-state index >= 15 is 0 Å². The Morgan fingerprint density at radius 1 is 1.20 bits per heavy atom. The molecule has 0 fully saturated rings. The lowest BCUT2D eigenvalue weighted by Crippen LogP contribution is -1.94. The van der Waals surface area contributed by atoms with Gasteiger partial charge in [0.15, 0.2) is 0 Å². The molecular weight excluding hydrogens is 257 g/mol. The maximum Gasteiger partial charge on any atom is 0.337 e. The quantitative estimate of drug-likeness (QED) is 0.739. The van der Waals surface area contributed by atoms with E-state index in [9.17, 15) is 9.18 Å². The summed E-state index contributed by atoms with van der Waals surface area (Å²) >= 11 is 0. The Hall–Kier alpha value is -2.62. The minimum absolute atomic E-state index is 0.190. The van der Waals surface area contributed by atoms with Gasteiger partial charge >= 0.3 is 5.97 Å². The lowest BCUT2D eigenvalue weighted by Gasteiger charge is -2.05. The van der Waals surface area contributed by atoms with Gasteiger partial charge in [0.1, 0.15) is 5.82 Å². The summed E-state index contributed by atoms with van der Waals surface area (Å²) in [5, 5.41) is 9.72. The first-order chi connectivity index (χ1) is 9.56. The van der Waals surface area contributed by atoms with Crippen molar-refractivity contribution in [3.8, 4) is 11.1 Å². The molecule has 0 aliphatic carbocycles. The van der Waals surface area contributed by atoms with Crippen LogP contribution >= 0.6 is 0 Å². The predicted octanol–water partition coefficient (Wildman–Crippen LogP) is 3.98. The van der Waals surface area contributed by atoms with Gasteiger partial charge in [0.2, 0.25) is 0 Å². The molecule has 0 saturated heterocycles. The predicted molar refractivity (Wildman–Crippen MR) is 75.4 cm³/mol. The van der Waals surface area contributed by atoms with Crippen molar-refractivity contribution in [2.45, 2.75) is 6.92 Å². The summed E-state index contributed by atoms with van der Waals surface area (Å²) in [4.78, 5) is 14.1. The molecule has 3 rings (SSSR count). The van der Waals surface area contributed by atoms with E-state index in [2.05, 4.69) is 4.98 Å². The van der Waals surface area contributed by atoms with Crippen molar-refractivity contribution in [1.82, 2.24) is 4.98 Å². The number of carboxylic acids is 1. The average molecular weight is 269 g/mol. The second kappa shape index (κ2) is 4.49. The van der Waals surface area contributed by atoms with Gasteiger partial charge in [0.05, 0.1) is 5.56 Å². The smallest absolute Gasteiger partial charge is 0.337 e. The van der Waals surface area contributed by atoms with Crippen LogP contribution in [-0.4, -0.2) is 16.1 Å². The SMILES string of the molecule is Cc1ccc(F)c(-c2ccc3[nH]cc(C(=O)O)c3c2)c1. The van der Waals surface area contributed by atoms with E-state index in [0.717, 1.165) is 11.1 Å². The van der Waals surface area contributed by atoms with Crippen LogP contribution in [0.5, 0.6) is 0 Å². The minimum Gasteiger partial charge on any atom is -0.478 e. The highest BCUT2D eigenvalue weighted by Gasteiger charge is 2.12. The van der Waals surface area contributed by atoms with Gasteiger partial charge in [0.25, 0.3) is 0 Å². The summed E-state index contributed by atoms with van der Waals surface area (Å²) in [7, 11) is 0. The molecule has 0 bridgehead atoms. The maximum absolute atomic E-state index is 13.9. The minimum atomic E-state index is -1.00. The van der Waals surface area contributed by atoms with E-state index in [0.29, 0.717) is 16.5 Å². The topological polar surface area (TPSA) is 53.1 Å². The zero-order valence-electron chi connectivity index (χ0n) is 10.8. The average Bonchev–Trinajstić information content (AvgIpc) is 2.84. The van der Waals surface area contributed by atoms with Crippen LogP contribution in [0.2, 0.25) is 0 Å². The Kier molecular flexibility index (Phi) is 2.79. The van der Waals surface area contributed by atoms with Gasteiger partial charge in [-0.3, -0.25) is 0 Å². The van der Waals surface area contributed by atoms with Gasteiger partial charge in [0, 0.05) is 22.7 Å². The fourth-order valence-electron chi connectivity index (χ4n) is 2.33. The van der Waals surface area contributed by atoms with E-state index in [4.69, 9.17) is 5.11 Å². The van der Waals surface area contributed by atoms with Gasteiger partial charge < -0.3 is 10.1 Å². The number of aromatic carboxylic acids is 1. The molecular formula is C16H12FNO2. The monoisotopic (exact) mass is 269 g/mol. The van der Waals surface area contributed by atoms with Crippen LogP contribution < -0.4 is 0 Å². The summed E-state index contributed by atoms with van der Waals surface area (Å²) < 4.78 is 13.9. The van der Waals surface area contributed by atoms with Crippen molar-refractivity contribution < 1.29 is 14.3 Å². The van der Waals surface area contributed by atoms with Crippen LogP contribution in [0.25, 0.3) is 22.0 Å². The summed E-state index contributed by atoms with van der Waals surface area (Å²) in [5.41, 5.74) is 3.01. The molecule has 0 saturated carbocycles.